The molecule has 2 nitrogen and oxygen atoms in total. The highest BCUT2D eigenvalue weighted by Crippen LogP contribution is 2.27. The molecule has 106 valence electrons. The second-order valence-electron chi connectivity index (χ2n) is 5.85. The Hall–Kier alpha value is -0.860. The van der Waals surface area contributed by atoms with Crippen molar-refractivity contribution in [3.63, 3.8) is 0 Å². The zero-order valence-electron chi connectivity index (χ0n) is 12.2. The SMILES string of the molecule is CCN(CCCC(N)c1ccccc1)CC1CCC1. The largest absolute Gasteiger partial charge is 0.324 e. The van der Waals surface area contributed by atoms with E-state index in [4.69, 9.17) is 5.73 Å². The van der Waals surface area contributed by atoms with Gasteiger partial charge in [0, 0.05) is 12.6 Å². The van der Waals surface area contributed by atoms with Gasteiger partial charge in [0.05, 0.1) is 0 Å². The summed E-state index contributed by atoms with van der Waals surface area (Å²) in [6, 6.07) is 10.7. The lowest BCUT2D eigenvalue weighted by Gasteiger charge is -2.32. The van der Waals surface area contributed by atoms with Crippen LogP contribution in [-0.4, -0.2) is 24.5 Å². The maximum Gasteiger partial charge on any atom is 0.0295 e. The van der Waals surface area contributed by atoms with E-state index in [1.165, 1.54) is 50.9 Å². The van der Waals surface area contributed by atoms with Gasteiger partial charge in [0.1, 0.15) is 0 Å². The Kier molecular flexibility index (Phi) is 5.87. The predicted molar refractivity (Wildman–Crippen MR) is 82.1 cm³/mol. The lowest BCUT2D eigenvalue weighted by atomic mass is 9.85. The number of benzene rings is 1. The van der Waals surface area contributed by atoms with Gasteiger partial charge in [0.2, 0.25) is 0 Å². The summed E-state index contributed by atoms with van der Waals surface area (Å²) in [5.74, 6) is 0.975. The molecule has 1 unspecified atom stereocenters. The first-order chi connectivity index (χ1) is 9.29. The molecule has 0 heterocycles. The molecule has 0 saturated heterocycles. The average Bonchev–Trinajstić information content (AvgIpc) is 2.41. The molecule has 1 aliphatic carbocycles. The van der Waals surface area contributed by atoms with Crippen molar-refractivity contribution in [1.29, 1.82) is 0 Å². The minimum atomic E-state index is 0.198. The van der Waals surface area contributed by atoms with Gasteiger partial charge in [-0.25, -0.2) is 0 Å². The lowest BCUT2D eigenvalue weighted by Crippen LogP contribution is -2.33. The van der Waals surface area contributed by atoms with Gasteiger partial charge in [-0.1, -0.05) is 43.7 Å². The molecule has 1 saturated carbocycles. The Morgan fingerprint density at radius 3 is 2.58 bits per heavy atom. The highest BCUT2D eigenvalue weighted by Gasteiger charge is 2.19. The fraction of sp³-hybridized carbons (Fsp3) is 0.647. The second kappa shape index (κ2) is 7.66. The summed E-state index contributed by atoms with van der Waals surface area (Å²) >= 11 is 0. The summed E-state index contributed by atoms with van der Waals surface area (Å²) in [5, 5.41) is 0. The Labute approximate surface area is 118 Å². The second-order valence-corrected chi connectivity index (χ2v) is 5.85. The van der Waals surface area contributed by atoms with Gasteiger partial charge in [0.25, 0.3) is 0 Å². The highest BCUT2D eigenvalue weighted by molar-refractivity contribution is 5.18. The molecule has 0 aliphatic heterocycles. The normalized spacial score (nSPS) is 17.4. The van der Waals surface area contributed by atoms with Crippen LogP contribution in [0.1, 0.15) is 50.6 Å². The maximum absolute atomic E-state index is 6.24. The van der Waals surface area contributed by atoms with Crippen LogP contribution in [0.5, 0.6) is 0 Å². The van der Waals surface area contributed by atoms with E-state index in [0.717, 1.165) is 12.3 Å². The molecule has 19 heavy (non-hydrogen) atoms. The number of nitrogens with two attached hydrogens (primary N) is 1. The molecule has 2 N–H and O–H groups in total. The molecular formula is C17H28N2. The molecular weight excluding hydrogens is 232 g/mol. The topological polar surface area (TPSA) is 29.3 Å². The Bertz CT molecular complexity index is 346. The van der Waals surface area contributed by atoms with Crippen molar-refractivity contribution in [2.75, 3.05) is 19.6 Å². The molecule has 0 spiro atoms. The van der Waals surface area contributed by atoms with Gasteiger partial charge in [-0.05, 0) is 50.3 Å². The van der Waals surface area contributed by atoms with E-state index < -0.39 is 0 Å². The van der Waals surface area contributed by atoms with Crippen LogP contribution in [0.15, 0.2) is 30.3 Å². The Morgan fingerprint density at radius 2 is 2.00 bits per heavy atom. The first-order valence-corrected chi connectivity index (χ1v) is 7.82. The van der Waals surface area contributed by atoms with Crippen LogP contribution in [0.3, 0.4) is 0 Å². The van der Waals surface area contributed by atoms with Crippen LogP contribution in [0.25, 0.3) is 0 Å². The number of hydrogen-bond donors (Lipinski definition) is 1. The van der Waals surface area contributed by atoms with Gasteiger partial charge < -0.3 is 10.6 Å². The molecule has 1 fully saturated rings. The van der Waals surface area contributed by atoms with Crippen LogP contribution in [0.2, 0.25) is 0 Å². The minimum absolute atomic E-state index is 0.198. The van der Waals surface area contributed by atoms with E-state index in [1.807, 2.05) is 6.07 Å². The molecule has 0 radical (unpaired) electrons. The first kappa shape index (κ1) is 14.5. The molecule has 0 aromatic heterocycles. The molecule has 0 bridgehead atoms. The van der Waals surface area contributed by atoms with Crippen molar-refractivity contribution in [3.05, 3.63) is 35.9 Å². The summed E-state index contributed by atoms with van der Waals surface area (Å²) < 4.78 is 0. The molecule has 2 heteroatoms. The van der Waals surface area contributed by atoms with Crippen molar-refractivity contribution in [3.8, 4) is 0 Å². The molecule has 2 rings (SSSR count). The predicted octanol–water partition coefficient (Wildman–Crippen LogP) is 3.59. The lowest BCUT2D eigenvalue weighted by molar-refractivity contribution is 0.181. The van der Waals surface area contributed by atoms with E-state index in [-0.39, 0.29) is 6.04 Å². The summed E-state index contributed by atoms with van der Waals surface area (Å²) in [4.78, 5) is 2.60. The van der Waals surface area contributed by atoms with E-state index in [1.54, 1.807) is 0 Å². The fourth-order valence-electron chi connectivity index (χ4n) is 2.82. The van der Waals surface area contributed by atoms with Crippen molar-refractivity contribution in [2.45, 2.75) is 45.1 Å². The van der Waals surface area contributed by atoms with Crippen LogP contribution in [0, 0.1) is 5.92 Å². The zero-order valence-corrected chi connectivity index (χ0v) is 12.2. The first-order valence-electron chi connectivity index (χ1n) is 7.82. The van der Waals surface area contributed by atoms with Gasteiger partial charge in [-0.2, -0.15) is 0 Å². The van der Waals surface area contributed by atoms with E-state index in [2.05, 4.69) is 36.1 Å². The molecule has 1 aromatic rings. The van der Waals surface area contributed by atoms with Crippen molar-refractivity contribution in [1.82, 2.24) is 4.90 Å². The summed E-state index contributed by atoms with van der Waals surface area (Å²) in [6.07, 6.45) is 6.63. The third-order valence-corrected chi connectivity index (χ3v) is 4.41. The van der Waals surface area contributed by atoms with Crippen molar-refractivity contribution in [2.24, 2.45) is 11.7 Å². The smallest absolute Gasteiger partial charge is 0.0295 e. The van der Waals surface area contributed by atoms with Crippen LogP contribution < -0.4 is 5.73 Å². The summed E-state index contributed by atoms with van der Waals surface area (Å²) in [5.41, 5.74) is 7.51. The van der Waals surface area contributed by atoms with Gasteiger partial charge >= 0.3 is 0 Å². The molecule has 1 aliphatic rings. The Morgan fingerprint density at radius 1 is 1.26 bits per heavy atom. The van der Waals surface area contributed by atoms with Gasteiger partial charge in [-0.3, -0.25) is 0 Å². The van der Waals surface area contributed by atoms with E-state index >= 15 is 0 Å². The third-order valence-electron chi connectivity index (χ3n) is 4.41. The van der Waals surface area contributed by atoms with Crippen LogP contribution in [-0.2, 0) is 0 Å². The summed E-state index contributed by atoms with van der Waals surface area (Å²) in [6.45, 7) is 5.96. The minimum Gasteiger partial charge on any atom is -0.324 e. The molecule has 1 atom stereocenters. The molecule has 0 amide bonds. The van der Waals surface area contributed by atoms with Crippen molar-refractivity contribution < 1.29 is 0 Å². The monoisotopic (exact) mass is 260 g/mol. The van der Waals surface area contributed by atoms with Crippen LogP contribution in [0.4, 0.5) is 0 Å². The standard InChI is InChI=1S/C17H28N2/c1-2-19(14-15-8-6-9-15)13-7-12-17(18)16-10-4-3-5-11-16/h3-5,10-11,15,17H,2,6-9,12-14,18H2,1H3. The quantitative estimate of drug-likeness (QED) is 0.774. The van der Waals surface area contributed by atoms with Crippen molar-refractivity contribution >= 4 is 0 Å². The Balaban J connectivity index is 1.66. The maximum atomic E-state index is 6.24. The van der Waals surface area contributed by atoms with Gasteiger partial charge in [-0.15, -0.1) is 0 Å². The van der Waals surface area contributed by atoms with Crippen LogP contribution >= 0.6 is 0 Å². The number of rotatable bonds is 8. The fourth-order valence-corrected chi connectivity index (χ4v) is 2.82. The summed E-state index contributed by atoms with van der Waals surface area (Å²) in [7, 11) is 0. The zero-order chi connectivity index (χ0) is 13.5. The molecule has 1 aromatic carbocycles. The average molecular weight is 260 g/mol. The highest BCUT2D eigenvalue weighted by atomic mass is 15.1. The number of nitrogens with zero attached hydrogens (tertiary/aromatic N) is 1. The van der Waals surface area contributed by atoms with E-state index in [0.29, 0.717) is 0 Å². The third kappa shape index (κ3) is 4.63. The number of hydrogen-bond acceptors (Lipinski definition) is 2. The van der Waals surface area contributed by atoms with Gasteiger partial charge in [0.15, 0.2) is 0 Å². The van der Waals surface area contributed by atoms with E-state index in [9.17, 15) is 0 Å².